The molecule has 2 aromatic carbocycles. The first kappa shape index (κ1) is 13.9. The lowest BCUT2D eigenvalue weighted by atomic mass is 10.2. The maximum atomic E-state index is 13.7. The Bertz CT molecular complexity index is 616. The Morgan fingerprint density at radius 2 is 2.00 bits per heavy atom. The van der Waals surface area contributed by atoms with E-state index >= 15 is 0 Å². The number of thioether (sulfide) groups is 1. The SMILES string of the molecule is O=C(O)c1ccc(SCc2ccccc2Cl)c(F)c1. The minimum Gasteiger partial charge on any atom is -0.478 e. The summed E-state index contributed by atoms with van der Waals surface area (Å²) in [6, 6.07) is 11.2. The first-order chi connectivity index (χ1) is 9.08. The van der Waals surface area contributed by atoms with Crippen LogP contribution in [0.4, 0.5) is 4.39 Å². The van der Waals surface area contributed by atoms with Gasteiger partial charge in [-0.05, 0) is 29.8 Å². The standard InChI is InChI=1S/C14H10ClFO2S/c15-11-4-2-1-3-10(11)8-19-13-6-5-9(14(17)18)7-12(13)16/h1-7H,8H2,(H,17,18). The minimum absolute atomic E-state index is 0.0559. The fourth-order valence-corrected chi connectivity index (χ4v) is 2.73. The number of halogens is 2. The highest BCUT2D eigenvalue weighted by atomic mass is 35.5. The highest BCUT2D eigenvalue weighted by Gasteiger charge is 2.09. The van der Waals surface area contributed by atoms with Gasteiger partial charge in [0.25, 0.3) is 0 Å². The maximum Gasteiger partial charge on any atom is 0.335 e. The van der Waals surface area contributed by atoms with Crippen molar-refractivity contribution in [2.24, 2.45) is 0 Å². The highest BCUT2D eigenvalue weighted by Crippen LogP contribution is 2.28. The van der Waals surface area contributed by atoms with E-state index in [1.807, 2.05) is 18.2 Å². The minimum atomic E-state index is -1.14. The predicted molar refractivity (Wildman–Crippen MR) is 74.4 cm³/mol. The average molecular weight is 297 g/mol. The lowest BCUT2D eigenvalue weighted by molar-refractivity contribution is 0.0696. The van der Waals surface area contributed by atoms with Crippen molar-refractivity contribution in [3.05, 3.63) is 64.4 Å². The van der Waals surface area contributed by atoms with Crippen molar-refractivity contribution in [2.45, 2.75) is 10.6 Å². The number of rotatable bonds is 4. The van der Waals surface area contributed by atoms with Crippen molar-refractivity contribution in [2.75, 3.05) is 0 Å². The summed E-state index contributed by atoms with van der Waals surface area (Å²) in [5, 5.41) is 9.39. The molecule has 0 amide bonds. The molecule has 0 aromatic heterocycles. The molecule has 0 aliphatic carbocycles. The molecule has 2 nitrogen and oxygen atoms in total. The fraction of sp³-hybridized carbons (Fsp3) is 0.0714. The Labute approximate surface area is 119 Å². The third-order valence-corrected chi connectivity index (χ3v) is 3.99. The van der Waals surface area contributed by atoms with Gasteiger partial charge in [0.1, 0.15) is 5.82 Å². The topological polar surface area (TPSA) is 37.3 Å². The van der Waals surface area contributed by atoms with Crippen molar-refractivity contribution >= 4 is 29.3 Å². The Morgan fingerprint density at radius 1 is 1.26 bits per heavy atom. The zero-order valence-corrected chi connectivity index (χ0v) is 11.3. The average Bonchev–Trinajstić information content (AvgIpc) is 2.39. The highest BCUT2D eigenvalue weighted by molar-refractivity contribution is 7.98. The molecule has 0 radical (unpaired) electrons. The van der Waals surface area contributed by atoms with Crippen LogP contribution in [0, 0.1) is 5.82 Å². The van der Waals surface area contributed by atoms with Gasteiger partial charge in [0.2, 0.25) is 0 Å². The largest absolute Gasteiger partial charge is 0.478 e. The van der Waals surface area contributed by atoms with E-state index in [9.17, 15) is 9.18 Å². The fourth-order valence-electron chi connectivity index (χ4n) is 1.52. The summed E-state index contributed by atoms with van der Waals surface area (Å²) >= 11 is 7.29. The van der Waals surface area contributed by atoms with E-state index in [4.69, 9.17) is 16.7 Å². The lowest BCUT2D eigenvalue weighted by Gasteiger charge is -2.06. The van der Waals surface area contributed by atoms with Gasteiger partial charge in [-0.15, -0.1) is 11.8 Å². The quantitative estimate of drug-likeness (QED) is 0.846. The van der Waals surface area contributed by atoms with E-state index in [1.54, 1.807) is 6.07 Å². The smallest absolute Gasteiger partial charge is 0.335 e. The molecule has 1 N–H and O–H groups in total. The Hall–Kier alpha value is -1.52. The van der Waals surface area contributed by atoms with Crippen LogP contribution < -0.4 is 0 Å². The number of hydrogen-bond donors (Lipinski definition) is 1. The molecule has 0 aliphatic heterocycles. The third-order valence-electron chi connectivity index (χ3n) is 2.52. The van der Waals surface area contributed by atoms with Gasteiger partial charge in [-0.3, -0.25) is 0 Å². The number of carbonyl (C=O) groups is 1. The summed E-state index contributed by atoms with van der Waals surface area (Å²) in [7, 11) is 0. The maximum absolute atomic E-state index is 13.7. The van der Waals surface area contributed by atoms with Crippen molar-refractivity contribution in [3.8, 4) is 0 Å². The zero-order chi connectivity index (χ0) is 13.8. The van der Waals surface area contributed by atoms with Crippen LogP contribution in [0.1, 0.15) is 15.9 Å². The van der Waals surface area contributed by atoms with Crippen LogP contribution >= 0.6 is 23.4 Å². The second-order valence-electron chi connectivity index (χ2n) is 3.83. The molecule has 0 saturated heterocycles. The molecule has 0 saturated carbocycles. The van der Waals surface area contributed by atoms with E-state index in [-0.39, 0.29) is 5.56 Å². The monoisotopic (exact) mass is 296 g/mol. The molecule has 0 heterocycles. The van der Waals surface area contributed by atoms with Gasteiger partial charge in [-0.1, -0.05) is 29.8 Å². The van der Waals surface area contributed by atoms with E-state index < -0.39 is 11.8 Å². The van der Waals surface area contributed by atoms with Crippen LogP contribution in [0.2, 0.25) is 5.02 Å². The lowest BCUT2D eigenvalue weighted by Crippen LogP contribution is -1.97. The molecule has 2 rings (SSSR count). The summed E-state index contributed by atoms with van der Waals surface area (Å²) in [6.45, 7) is 0. The van der Waals surface area contributed by atoms with Crippen molar-refractivity contribution in [3.63, 3.8) is 0 Å². The van der Waals surface area contributed by atoms with Crippen LogP contribution in [0.3, 0.4) is 0 Å². The van der Waals surface area contributed by atoms with Gasteiger partial charge in [-0.25, -0.2) is 9.18 Å². The molecule has 98 valence electrons. The summed E-state index contributed by atoms with van der Waals surface area (Å²) < 4.78 is 13.7. The molecule has 0 fully saturated rings. The Balaban J connectivity index is 2.12. The van der Waals surface area contributed by atoms with Crippen LogP contribution in [-0.2, 0) is 5.75 Å². The number of hydrogen-bond acceptors (Lipinski definition) is 2. The zero-order valence-electron chi connectivity index (χ0n) is 9.77. The number of aromatic carboxylic acids is 1. The first-order valence-corrected chi connectivity index (χ1v) is 6.83. The van der Waals surface area contributed by atoms with Crippen molar-refractivity contribution in [1.82, 2.24) is 0 Å². The van der Waals surface area contributed by atoms with E-state index in [1.165, 1.54) is 23.9 Å². The number of carboxylic acid groups (broad SMARTS) is 1. The van der Waals surface area contributed by atoms with Gasteiger partial charge in [0.05, 0.1) is 5.56 Å². The Kier molecular flexibility index (Phi) is 4.45. The molecule has 0 unspecified atom stereocenters. The van der Waals surface area contributed by atoms with Gasteiger partial charge in [0.15, 0.2) is 0 Å². The Morgan fingerprint density at radius 3 is 2.63 bits per heavy atom. The van der Waals surface area contributed by atoms with Crippen molar-refractivity contribution < 1.29 is 14.3 Å². The summed E-state index contributed by atoms with van der Waals surface area (Å²) in [4.78, 5) is 11.1. The molecule has 19 heavy (non-hydrogen) atoms. The summed E-state index contributed by atoms with van der Waals surface area (Å²) in [6.07, 6.45) is 0. The van der Waals surface area contributed by atoms with Gasteiger partial charge >= 0.3 is 5.97 Å². The van der Waals surface area contributed by atoms with Crippen LogP contribution in [0.5, 0.6) is 0 Å². The van der Waals surface area contributed by atoms with Crippen LogP contribution in [0.25, 0.3) is 0 Å². The summed E-state index contributed by atoms with van der Waals surface area (Å²) in [5.41, 5.74) is 0.857. The predicted octanol–water partition coefficient (Wildman–Crippen LogP) is 4.47. The number of benzene rings is 2. The van der Waals surface area contributed by atoms with E-state index in [0.29, 0.717) is 15.7 Å². The third kappa shape index (κ3) is 3.49. The van der Waals surface area contributed by atoms with E-state index in [2.05, 4.69) is 0 Å². The molecular formula is C14H10ClFO2S. The van der Waals surface area contributed by atoms with Crippen LogP contribution in [-0.4, -0.2) is 11.1 Å². The molecule has 5 heteroatoms. The van der Waals surface area contributed by atoms with Crippen LogP contribution in [0.15, 0.2) is 47.4 Å². The number of carboxylic acids is 1. The molecule has 0 atom stereocenters. The molecular weight excluding hydrogens is 287 g/mol. The van der Waals surface area contributed by atoms with Gasteiger partial charge in [0, 0.05) is 15.7 Å². The summed E-state index contributed by atoms with van der Waals surface area (Å²) in [5.74, 6) is -1.14. The molecule has 0 aliphatic rings. The normalized spacial score (nSPS) is 10.4. The second-order valence-corrected chi connectivity index (χ2v) is 5.25. The van der Waals surface area contributed by atoms with Gasteiger partial charge < -0.3 is 5.11 Å². The molecule has 0 bridgehead atoms. The molecule has 0 spiro atoms. The van der Waals surface area contributed by atoms with E-state index in [0.717, 1.165) is 11.6 Å². The van der Waals surface area contributed by atoms with Gasteiger partial charge in [-0.2, -0.15) is 0 Å². The molecule has 2 aromatic rings. The second kappa shape index (κ2) is 6.08. The van der Waals surface area contributed by atoms with Crippen molar-refractivity contribution in [1.29, 1.82) is 0 Å². The first-order valence-electron chi connectivity index (χ1n) is 5.47.